The van der Waals surface area contributed by atoms with E-state index in [4.69, 9.17) is 4.74 Å². The summed E-state index contributed by atoms with van der Waals surface area (Å²) in [6.45, 7) is 1.69. The monoisotopic (exact) mass is 396 g/mol. The largest absolute Gasteiger partial charge is 0.497 e. The van der Waals surface area contributed by atoms with Gasteiger partial charge in [-0.1, -0.05) is 23.4 Å². The van der Waals surface area contributed by atoms with Gasteiger partial charge >= 0.3 is 5.97 Å². The summed E-state index contributed by atoms with van der Waals surface area (Å²) in [6.07, 6.45) is 0. The smallest absolute Gasteiger partial charge is 0.356 e. The van der Waals surface area contributed by atoms with Gasteiger partial charge in [-0.3, -0.25) is 14.9 Å². The van der Waals surface area contributed by atoms with Crippen LogP contribution in [-0.2, 0) is 6.54 Å². The summed E-state index contributed by atoms with van der Waals surface area (Å²) in [5.41, 5.74) is -0.275. The van der Waals surface area contributed by atoms with Crippen molar-refractivity contribution in [2.45, 2.75) is 13.5 Å². The van der Waals surface area contributed by atoms with E-state index in [9.17, 15) is 24.8 Å². The van der Waals surface area contributed by atoms with Crippen molar-refractivity contribution in [2.24, 2.45) is 0 Å². The molecule has 3 aromatic rings. The van der Waals surface area contributed by atoms with Gasteiger partial charge in [0.25, 0.3) is 5.69 Å². The van der Waals surface area contributed by atoms with Crippen molar-refractivity contribution in [3.8, 4) is 5.75 Å². The van der Waals surface area contributed by atoms with Gasteiger partial charge in [-0.05, 0) is 36.2 Å². The molecule has 10 heteroatoms. The Labute approximate surface area is 164 Å². The number of aromatic nitrogens is 3. The molecule has 1 heterocycles. The zero-order valence-corrected chi connectivity index (χ0v) is 15.5. The molecule has 0 radical (unpaired) electrons. The highest BCUT2D eigenvalue weighted by Crippen LogP contribution is 2.24. The van der Waals surface area contributed by atoms with Crippen molar-refractivity contribution in [3.63, 3.8) is 0 Å². The molecule has 0 aliphatic rings. The Morgan fingerprint density at radius 3 is 2.48 bits per heavy atom. The van der Waals surface area contributed by atoms with E-state index in [0.717, 1.165) is 4.68 Å². The van der Waals surface area contributed by atoms with Crippen LogP contribution in [0.1, 0.15) is 37.7 Å². The highest BCUT2D eigenvalue weighted by molar-refractivity contribution is 6.14. The molecule has 1 aromatic heterocycles. The molecule has 0 aliphatic heterocycles. The van der Waals surface area contributed by atoms with E-state index in [1.165, 1.54) is 25.3 Å². The summed E-state index contributed by atoms with van der Waals surface area (Å²) in [6, 6.07) is 10.9. The number of carbonyl (C=O) groups excluding carboxylic acids is 1. The van der Waals surface area contributed by atoms with Gasteiger partial charge in [0.2, 0.25) is 5.78 Å². The fourth-order valence-corrected chi connectivity index (χ4v) is 2.80. The highest BCUT2D eigenvalue weighted by atomic mass is 16.6. The molecular weight excluding hydrogens is 380 g/mol. The summed E-state index contributed by atoms with van der Waals surface area (Å²) in [4.78, 5) is 35.3. The fraction of sp³-hybridized carbons (Fsp3) is 0.158. The second kappa shape index (κ2) is 7.89. The van der Waals surface area contributed by atoms with E-state index in [2.05, 4.69) is 10.3 Å². The molecule has 29 heavy (non-hydrogen) atoms. The Balaban J connectivity index is 2.02. The number of carboxylic acids is 1. The van der Waals surface area contributed by atoms with Crippen LogP contribution < -0.4 is 4.74 Å². The minimum Gasteiger partial charge on any atom is -0.497 e. The number of nitro benzene ring substituents is 1. The molecule has 0 spiro atoms. The number of ether oxygens (including phenoxy) is 1. The van der Waals surface area contributed by atoms with Gasteiger partial charge in [-0.2, -0.15) is 0 Å². The van der Waals surface area contributed by atoms with Crippen molar-refractivity contribution < 1.29 is 24.4 Å². The van der Waals surface area contributed by atoms with Crippen LogP contribution in [-0.4, -0.2) is 43.9 Å². The average molecular weight is 396 g/mol. The molecule has 0 amide bonds. The number of hydrogen-bond donors (Lipinski definition) is 1. The second-order valence-electron chi connectivity index (χ2n) is 6.20. The van der Waals surface area contributed by atoms with Crippen LogP contribution >= 0.6 is 0 Å². The standard InChI is InChI=1S/C19H16N4O6/c1-11-3-8-14(15(9-11)23(27)28)18(24)16-17(19(25)26)22(21-20-16)10-12-4-6-13(29-2)7-5-12/h3-9H,10H2,1-2H3,(H,25,26). The summed E-state index contributed by atoms with van der Waals surface area (Å²) in [5, 5.41) is 28.4. The molecule has 0 unspecified atom stereocenters. The first-order valence-electron chi connectivity index (χ1n) is 8.41. The maximum atomic E-state index is 12.9. The minimum atomic E-state index is -1.42. The normalized spacial score (nSPS) is 10.6. The van der Waals surface area contributed by atoms with Crippen molar-refractivity contribution in [1.82, 2.24) is 15.0 Å². The zero-order valence-electron chi connectivity index (χ0n) is 15.5. The summed E-state index contributed by atoms with van der Waals surface area (Å²) in [5.74, 6) is -1.66. The van der Waals surface area contributed by atoms with Crippen molar-refractivity contribution >= 4 is 17.4 Å². The number of hydrogen-bond acceptors (Lipinski definition) is 7. The minimum absolute atomic E-state index is 0.0436. The van der Waals surface area contributed by atoms with Gasteiger partial charge < -0.3 is 9.84 Å². The van der Waals surface area contributed by atoms with Gasteiger partial charge in [-0.15, -0.1) is 5.10 Å². The van der Waals surface area contributed by atoms with E-state index in [1.807, 2.05) is 0 Å². The first kappa shape index (κ1) is 19.7. The van der Waals surface area contributed by atoms with E-state index < -0.39 is 33.8 Å². The number of carbonyl (C=O) groups is 2. The van der Waals surface area contributed by atoms with Crippen LogP contribution in [0, 0.1) is 17.0 Å². The molecule has 1 N–H and O–H groups in total. The van der Waals surface area contributed by atoms with Crippen LogP contribution in [0.5, 0.6) is 5.75 Å². The number of nitrogens with zero attached hydrogens (tertiary/aromatic N) is 4. The lowest BCUT2D eigenvalue weighted by molar-refractivity contribution is -0.385. The molecule has 148 valence electrons. The molecule has 3 rings (SSSR count). The number of carboxylic acid groups (broad SMARTS) is 1. The predicted octanol–water partition coefficient (Wildman–Crippen LogP) is 2.48. The number of rotatable bonds is 7. The Hall–Kier alpha value is -4.08. The van der Waals surface area contributed by atoms with E-state index in [-0.39, 0.29) is 12.1 Å². The van der Waals surface area contributed by atoms with Crippen LogP contribution in [0.3, 0.4) is 0 Å². The number of methoxy groups -OCH3 is 1. The average Bonchev–Trinajstić information content (AvgIpc) is 3.11. The van der Waals surface area contributed by atoms with Crippen LogP contribution in [0.25, 0.3) is 0 Å². The van der Waals surface area contributed by atoms with E-state index in [0.29, 0.717) is 16.9 Å². The van der Waals surface area contributed by atoms with Gasteiger partial charge in [0, 0.05) is 6.07 Å². The number of benzene rings is 2. The van der Waals surface area contributed by atoms with Gasteiger partial charge in [0.05, 0.1) is 18.6 Å². The first-order valence-corrected chi connectivity index (χ1v) is 8.41. The van der Waals surface area contributed by atoms with Crippen LogP contribution in [0.2, 0.25) is 0 Å². The Morgan fingerprint density at radius 2 is 1.90 bits per heavy atom. The number of aromatic carboxylic acids is 1. The fourth-order valence-electron chi connectivity index (χ4n) is 2.80. The van der Waals surface area contributed by atoms with Crippen molar-refractivity contribution in [1.29, 1.82) is 0 Å². The zero-order chi connectivity index (χ0) is 21.1. The lowest BCUT2D eigenvalue weighted by Crippen LogP contribution is -2.16. The Morgan fingerprint density at radius 1 is 1.21 bits per heavy atom. The summed E-state index contributed by atoms with van der Waals surface area (Å²) < 4.78 is 6.14. The number of nitro groups is 1. The third-order valence-corrected chi connectivity index (χ3v) is 4.24. The van der Waals surface area contributed by atoms with Crippen LogP contribution in [0.15, 0.2) is 42.5 Å². The maximum absolute atomic E-state index is 12.9. The van der Waals surface area contributed by atoms with Gasteiger partial charge in [-0.25, -0.2) is 9.48 Å². The third kappa shape index (κ3) is 3.95. The van der Waals surface area contributed by atoms with Gasteiger partial charge in [0.1, 0.15) is 11.3 Å². The highest BCUT2D eigenvalue weighted by Gasteiger charge is 2.30. The summed E-state index contributed by atoms with van der Waals surface area (Å²) >= 11 is 0. The lowest BCUT2D eigenvalue weighted by Gasteiger charge is -2.06. The third-order valence-electron chi connectivity index (χ3n) is 4.24. The Bertz CT molecular complexity index is 1100. The number of ketones is 1. The van der Waals surface area contributed by atoms with E-state index in [1.54, 1.807) is 31.2 Å². The molecule has 0 atom stereocenters. The maximum Gasteiger partial charge on any atom is 0.356 e. The van der Waals surface area contributed by atoms with Crippen molar-refractivity contribution in [3.05, 3.63) is 80.7 Å². The van der Waals surface area contributed by atoms with Crippen molar-refractivity contribution in [2.75, 3.05) is 7.11 Å². The molecule has 0 fully saturated rings. The van der Waals surface area contributed by atoms with Gasteiger partial charge in [0.15, 0.2) is 11.4 Å². The molecule has 0 bridgehead atoms. The van der Waals surface area contributed by atoms with E-state index >= 15 is 0 Å². The number of aryl methyl sites for hydroxylation is 1. The molecule has 10 nitrogen and oxygen atoms in total. The molecule has 0 aliphatic carbocycles. The molecule has 0 saturated heterocycles. The Kier molecular flexibility index (Phi) is 5.35. The summed E-state index contributed by atoms with van der Waals surface area (Å²) in [7, 11) is 1.52. The molecular formula is C19H16N4O6. The first-order chi connectivity index (χ1) is 13.8. The molecule has 0 saturated carbocycles. The second-order valence-corrected chi connectivity index (χ2v) is 6.20. The van der Waals surface area contributed by atoms with Crippen LogP contribution in [0.4, 0.5) is 5.69 Å². The lowest BCUT2D eigenvalue weighted by atomic mass is 10.0. The quantitative estimate of drug-likeness (QED) is 0.365. The predicted molar refractivity (Wildman–Crippen MR) is 100 cm³/mol. The SMILES string of the molecule is COc1ccc(Cn2nnc(C(=O)c3ccc(C)cc3[N+](=O)[O-])c2C(=O)O)cc1. The topological polar surface area (TPSA) is 137 Å². The molecule has 2 aromatic carbocycles.